The molecule has 1 nitrogen and oxygen atoms in total. The molecule has 16 heavy (non-hydrogen) atoms. The Morgan fingerprint density at radius 2 is 1.62 bits per heavy atom. The number of nitrogens with one attached hydrogen (secondary N) is 1. The third-order valence-electron chi connectivity index (χ3n) is 3.42. The van der Waals surface area contributed by atoms with E-state index in [1.54, 1.807) is 0 Å². The van der Waals surface area contributed by atoms with Crippen molar-refractivity contribution < 1.29 is 0 Å². The summed E-state index contributed by atoms with van der Waals surface area (Å²) in [5, 5.41) is 3.10. The second kappa shape index (κ2) is 9.74. The summed E-state index contributed by atoms with van der Waals surface area (Å²) in [6.45, 7) is 12.6. The quantitative estimate of drug-likeness (QED) is 0.574. The number of hydrogen-bond donors (Lipinski definition) is 1. The van der Waals surface area contributed by atoms with Gasteiger partial charge in [0.1, 0.15) is 0 Å². The number of hydrogen-bond acceptors (Lipinski definition) is 1. The van der Waals surface area contributed by atoms with Crippen LogP contribution in [0.4, 0.5) is 0 Å². The van der Waals surface area contributed by atoms with Gasteiger partial charge in [0.15, 0.2) is 0 Å². The Morgan fingerprint density at radius 1 is 1.06 bits per heavy atom. The maximum absolute atomic E-state index is 3.95. The van der Waals surface area contributed by atoms with Crippen LogP contribution in [-0.4, -0.2) is 7.05 Å². The van der Waals surface area contributed by atoms with Gasteiger partial charge in [-0.25, -0.2) is 0 Å². The highest BCUT2D eigenvalue weighted by Gasteiger charge is 2.04. The Balaban J connectivity index is 3.37. The van der Waals surface area contributed by atoms with Crippen LogP contribution >= 0.6 is 0 Å². The minimum absolute atomic E-state index is 0.802. The fourth-order valence-electron chi connectivity index (χ4n) is 1.89. The van der Waals surface area contributed by atoms with E-state index in [1.165, 1.54) is 32.1 Å². The van der Waals surface area contributed by atoms with Crippen molar-refractivity contribution in [2.45, 2.75) is 58.8 Å². The van der Waals surface area contributed by atoms with E-state index in [9.17, 15) is 0 Å². The predicted molar refractivity (Wildman–Crippen MR) is 74.2 cm³/mol. The summed E-state index contributed by atoms with van der Waals surface area (Å²) in [6.07, 6.45) is 8.88. The molecule has 0 fully saturated rings. The molecule has 1 heteroatoms. The van der Waals surface area contributed by atoms with Crippen LogP contribution in [-0.2, 0) is 0 Å². The monoisotopic (exact) mass is 224 g/mol. The van der Waals surface area contributed by atoms with Crippen molar-refractivity contribution in [3.8, 4) is 0 Å². The minimum atomic E-state index is 0.802. The van der Waals surface area contributed by atoms with E-state index < -0.39 is 0 Å². The SMILES string of the molecule is [CH2]CC(C)CCCC(C)CCCC(=C)NC. The van der Waals surface area contributed by atoms with E-state index in [0.717, 1.165) is 30.4 Å². The molecule has 0 amide bonds. The molecule has 0 aliphatic rings. The zero-order valence-corrected chi connectivity index (χ0v) is 11.5. The highest BCUT2D eigenvalue weighted by atomic mass is 14.8. The molecule has 0 rings (SSSR count). The van der Waals surface area contributed by atoms with Gasteiger partial charge in [0, 0.05) is 12.7 Å². The third-order valence-corrected chi connectivity index (χ3v) is 3.42. The summed E-state index contributed by atoms with van der Waals surface area (Å²) < 4.78 is 0. The first-order valence-corrected chi connectivity index (χ1v) is 6.74. The summed E-state index contributed by atoms with van der Waals surface area (Å²) in [5.41, 5.74) is 1.16. The molecule has 2 unspecified atom stereocenters. The zero-order chi connectivity index (χ0) is 12.4. The van der Waals surface area contributed by atoms with Crippen LogP contribution in [0.5, 0.6) is 0 Å². The van der Waals surface area contributed by atoms with Gasteiger partial charge in [-0.2, -0.15) is 0 Å². The Kier molecular flexibility index (Phi) is 9.46. The second-order valence-electron chi connectivity index (χ2n) is 5.18. The largest absolute Gasteiger partial charge is 0.392 e. The molecule has 0 bridgehead atoms. The molecule has 0 aliphatic heterocycles. The standard InChI is InChI=1S/C15H30N/c1-6-13(2)9-7-10-14(3)11-8-12-15(4)16-5/h13-14,16H,1,4,6-12H2,2-3,5H3. The fourth-order valence-corrected chi connectivity index (χ4v) is 1.89. The Morgan fingerprint density at radius 3 is 2.19 bits per heavy atom. The van der Waals surface area contributed by atoms with Gasteiger partial charge in [0.05, 0.1) is 0 Å². The van der Waals surface area contributed by atoms with E-state index in [2.05, 4.69) is 32.7 Å². The summed E-state index contributed by atoms with van der Waals surface area (Å²) in [7, 11) is 1.95. The highest BCUT2D eigenvalue weighted by Crippen LogP contribution is 2.19. The normalized spacial score (nSPS) is 14.5. The zero-order valence-electron chi connectivity index (χ0n) is 11.5. The van der Waals surface area contributed by atoms with Gasteiger partial charge in [-0.1, -0.05) is 59.5 Å². The average molecular weight is 224 g/mol. The van der Waals surface area contributed by atoms with Crippen molar-refractivity contribution in [1.82, 2.24) is 5.32 Å². The van der Waals surface area contributed by atoms with E-state index >= 15 is 0 Å². The molecule has 0 aliphatic carbocycles. The molecule has 95 valence electrons. The van der Waals surface area contributed by atoms with E-state index in [1.807, 2.05) is 7.05 Å². The summed E-state index contributed by atoms with van der Waals surface area (Å²) >= 11 is 0. The van der Waals surface area contributed by atoms with Crippen molar-refractivity contribution in [3.05, 3.63) is 19.2 Å². The molecule has 0 spiro atoms. The lowest BCUT2D eigenvalue weighted by Crippen LogP contribution is -2.05. The summed E-state index contributed by atoms with van der Waals surface area (Å²) in [6, 6.07) is 0. The number of allylic oxidation sites excluding steroid dienone is 1. The Hall–Kier alpha value is -0.460. The molecular formula is C15H30N. The molecule has 2 atom stereocenters. The first kappa shape index (κ1) is 15.5. The van der Waals surface area contributed by atoms with Gasteiger partial charge in [0.25, 0.3) is 0 Å². The maximum atomic E-state index is 3.95. The van der Waals surface area contributed by atoms with Crippen LogP contribution in [0.15, 0.2) is 12.3 Å². The summed E-state index contributed by atoms with van der Waals surface area (Å²) in [4.78, 5) is 0. The molecule has 0 aromatic rings. The first-order chi connectivity index (χ1) is 7.60. The van der Waals surface area contributed by atoms with E-state index in [-0.39, 0.29) is 0 Å². The first-order valence-electron chi connectivity index (χ1n) is 6.74. The van der Waals surface area contributed by atoms with Gasteiger partial charge >= 0.3 is 0 Å². The van der Waals surface area contributed by atoms with Gasteiger partial charge in [-0.05, 0) is 24.7 Å². The molecule has 0 heterocycles. The topological polar surface area (TPSA) is 12.0 Å². The smallest absolute Gasteiger partial charge is 0.00310 e. The van der Waals surface area contributed by atoms with E-state index in [0.29, 0.717) is 0 Å². The van der Waals surface area contributed by atoms with Crippen LogP contribution in [0, 0.1) is 18.8 Å². The molecule has 1 N–H and O–H groups in total. The Bertz CT molecular complexity index is 174. The third kappa shape index (κ3) is 8.82. The molecule has 0 aromatic carbocycles. The predicted octanol–water partition coefficient (Wildman–Crippen LogP) is 4.56. The lowest BCUT2D eigenvalue weighted by molar-refractivity contribution is 0.416. The molecule has 0 aromatic heterocycles. The van der Waals surface area contributed by atoms with Crippen molar-refractivity contribution in [2.24, 2.45) is 11.8 Å². The van der Waals surface area contributed by atoms with Crippen LogP contribution in [0.1, 0.15) is 58.8 Å². The van der Waals surface area contributed by atoms with Crippen molar-refractivity contribution in [1.29, 1.82) is 0 Å². The van der Waals surface area contributed by atoms with Crippen LogP contribution in [0.2, 0.25) is 0 Å². The lowest BCUT2D eigenvalue weighted by Gasteiger charge is -2.13. The van der Waals surface area contributed by atoms with Gasteiger partial charge < -0.3 is 5.32 Å². The van der Waals surface area contributed by atoms with Gasteiger partial charge in [0.2, 0.25) is 0 Å². The van der Waals surface area contributed by atoms with Crippen LogP contribution in [0.3, 0.4) is 0 Å². The second-order valence-corrected chi connectivity index (χ2v) is 5.18. The molecule has 0 saturated heterocycles. The van der Waals surface area contributed by atoms with Crippen molar-refractivity contribution in [2.75, 3.05) is 7.05 Å². The van der Waals surface area contributed by atoms with Gasteiger partial charge in [-0.15, -0.1) is 0 Å². The fraction of sp³-hybridized carbons (Fsp3) is 0.800. The van der Waals surface area contributed by atoms with Crippen molar-refractivity contribution >= 4 is 0 Å². The summed E-state index contributed by atoms with van der Waals surface area (Å²) in [5.74, 6) is 1.66. The van der Waals surface area contributed by atoms with Gasteiger partial charge in [-0.3, -0.25) is 0 Å². The van der Waals surface area contributed by atoms with Crippen LogP contribution < -0.4 is 5.32 Å². The van der Waals surface area contributed by atoms with Crippen molar-refractivity contribution in [3.63, 3.8) is 0 Å². The Labute approximate surface area is 103 Å². The minimum Gasteiger partial charge on any atom is -0.392 e. The highest BCUT2D eigenvalue weighted by molar-refractivity contribution is 4.88. The molecule has 1 radical (unpaired) electrons. The average Bonchev–Trinajstić information content (AvgIpc) is 2.28. The number of rotatable bonds is 10. The van der Waals surface area contributed by atoms with E-state index in [4.69, 9.17) is 0 Å². The lowest BCUT2D eigenvalue weighted by atomic mass is 9.94. The molecular weight excluding hydrogens is 194 g/mol. The maximum Gasteiger partial charge on any atom is 0.00310 e. The molecule has 0 saturated carbocycles. The van der Waals surface area contributed by atoms with Crippen LogP contribution in [0.25, 0.3) is 0 Å².